The standard InChI is InChI=1S/C17H16FNO2/c1-20-15-5-2-6-16(11-15)21-12-13-7-8-17(18)14(10-13)4-3-9-19/h2,5-8,10-11H,9,12,19H2,1H3. The Morgan fingerprint density at radius 1 is 1.14 bits per heavy atom. The van der Waals surface area contributed by atoms with Crippen molar-refractivity contribution in [1.82, 2.24) is 0 Å². The van der Waals surface area contributed by atoms with Gasteiger partial charge < -0.3 is 15.2 Å². The van der Waals surface area contributed by atoms with Crippen molar-refractivity contribution >= 4 is 0 Å². The maximum Gasteiger partial charge on any atom is 0.138 e. The van der Waals surface area contributed by atoms with Crippen LogP contribution < -0.4 is 15.2 Å². The molecule has 2 rings (SSSR count). The molecule has 2 aromatic rings. The van der Waals surface area contributed by atoms with E-state index in [2.05, 4.69) is 11.8 Å². The van der Waals surface area contributed by atoms with E-state index >= 15 is 0 Å². The van der Waals surface area contributed by atoms with Gasteiger partial charge in [0.15, 0.2) is 0 Å². The van der Waals surface area contributed by atoms with Gasteiger partial charge in [0, 0.05) is 6.07 Å². The molecule has 0 aromatic heterocycles. The minimum atomic E-state index is -0.360. The average molecular weight is 285 g/mol. The molecule has 0 saturated carbocycles. The maximum absolute atomic E-state index is 13.6. The van der Waals surface area contributed by atoms with Crippen LogP contribution in [-0.4, -0.2) is 13.7 Å². The van der Waals surface area contributed by atoms with Crippen LogP contribution in [0.4, 0.5) is 4.39 Å². The molecule has 2 aromatic carbocycles. The topological polar surface area (TPSA) is 44.5 Å². The van der Waals surface area contributed by atoms with Crippen LogP contribution in [0.1, 0.15) is 11.1 Å². The zero-order valence-electron chi connectivity index (χ0n) is 11.7. The highest BCUT2D eigenvalue weighted by Gasteiger charge is 2.03. The summed E-state index contributed by atoms with van der Waals surface area (Å²) >= 11 is 0. The molecule has 0 saturated heterocycles. The molecule has 0 heterocycles. The summed E-state index contributed by atoms with van der Waals surface area (Å²) < 4.78 is 24.3. The Balaban J connectivity index is 2.09. The monoisotopic (exact) mass is 285 g/mol. The van der Waals surface area contributed by atoms with Gasteiger partial charge in [-0.15, -0.1) is 0 Å². The average Bonchev–Trinajstić information content (AvgIpc) is 2.53. The number of methoxy groups -OCH3 is 1. The van der Waals surface area contributed by atoms with Gasteiger partial charge in [-0.05, 0) is 29.8 Å². The van der Waals surface area contributed by atoms with Gasteiger partial charge in [-0.25, -0.2) is 4.39 Å². The molecule has 0 aliphatic carbocycles. The highest BCUT2D eigenvalue weighted by atomic mass is 19.1. The summed E-state index contributed by atoms with van der Waals surface area (Å²) in [6, 6.07) is 12.0. The van der Waals surface area contributed by atoms with Gasteiger partial charge >= 0.3 is 0 Å². The zero-order valence-corrected chi connectivity index (χ0v) is 11.7. The van der Waals surface area contributed by atoms with Crippen LogP contribution in [-0.2, 0) is 6.61 Å². The third kappa shape index (κ3) is 4.23. The third-order valence-corrected chi connectivity index (χ3v) is 2.80. The quantitative estimate of drug-likeness (QED) is 0.878. The van der Waals surface area contributed by atoms with Crippen LogP contribution in [0.3, 0.4) is 0 Å². The molecule has 4 heteroatoms. The van der Waals surface area contributed by atoms with Gasteiger partial charge in [-0.1, -0.05) is 24.0 Å². The summed E-state index contributed by atoms with van der Waals surface area (Å²) in [6.45, 7) is 0.523. The molecule has 0 spiro atoms. The Morgan fingerprint density at radius 3 is 2.71 bits per heavy atom. The van der Waals surface area contributed by atoms with E-state index in [9.17, 15) is 4.39 Å². The summed E-state index contributed by atoms with van der Waals surface area (Å²) in [5, 5.41) is 0. The zero-order chi connectivity index (χ0) is 15.1. The van der Waals surface area contributed by atoms with E-state index in [1.54, 1.807) is 25.3 Å². The minimum absolute atomic E-state index is 0.198. The predicted molar refractivity (Wildman–Crippen MR) is 79.7 cm³/mol. The minimum Gasteiger partial charge on any atom is -0.497 e. The SMILES string of the molecule is COc1cccc(OCc2ccc(F)c(C#CCN)c2)c1. The van der Waals surface area contributed by atoms with Crippen LogP contribution in [0, 0.1) is 17.7 Å². The Labute approximate surface area is 123 Å². The van der Waals surface area contributed by atoms with Crippen molar-refractivity contribution in [3.05, 3.63) is 59.4 Å². The maximum atomic E-state index is 13.6. The first kappa shape index (κ1) is 14.9. The Morgan fingerprint density at radius 2 is 1.95 bits per heavy atom. The van der Waals surface area contributed by atoms with E-state index in [1.165, 1.54) is 6.07 Å². The lowest BCUT2D eigenvalue weighted by Gasteiger charge is -2.08. The molecule has 0 aliphatic rings. The first-order valence-electron chi connectivity index (χ1n) is 6.47. The molecule has 0 radical (unpaired) electrons. The Kier molecular flexibility index (Phi) is 5.19. The van der Waals surface area contributed by atoms with Gasteiger partial charge in [0.05, 0.1) is 19.2 Å². The van der Waals surface area contributed by atoms with Crippen LogP contribution in [0.15, 0.2) is 42.5 Å². The second kappa shape index (κ2) is 7.32. The second-order valence-electron chi connectivity index (χ2n) is 4.29. The third-order valence-electron chi connectivity index (χ3n) is 2.80. The van der Waals surface area contributed by atoms with Crippen molar-refractivity contribution in [2.45, 2.75) is 6.61 Å². The largest absolute Gasteiger partial charge is 0.497 e. The number of benzene rings is 2. The highest BCUT2D eigenvalue weighted by Crippen LogP contribution is 2.20. The van der Waals surface area contributed by atoms with Crippen LogP contribution in [0.5, 0.6) is 11.5 Å². The van der Waals surface area contributed by atoms with Gasteiger partial charge in [0.2, 0.25) is 0 Å². The van der Waals surface area contributed by atoms with Crippen molar-refractivity contribution in [2.24, 2.45) is 5.73 Å². The molecule has 0 atom stereocenters. The van der Waals surface area contributed by atoms with Crippen molar-refractivity contribution < 1.29 is 13.9 Å². The Bertz CT molecular complexity index is 674. The van der Waals surface area contributed by atoms with Gasteiger partial charge in [-0.2, -0.15) is 0 Å². The lowest BCUT2D eigenvalue weighted by Crippen LogP contribution is -1.98. The fourth-order valence-corrected chi connectivity index (χ4v) is 1.76. The molecule has 0 amide bonds. The molecule has 0 bridgehead atoms. The predicted octanol–water partition coefficient (Wildman–Crippen LogP) is 2.72. The van der Waals surface area contributed by atoms with Crippen molar-refractivity contribution in [3.8, 4) is 23.3 Å². The lowest BCUT2D eigenvalue weighted by molar-refractivity contribution is 0.303. The van der Waals surface area contributed by atoms with Crippen molar-refractivity contribution in [2.75, 3.05) is 13.7 Å². The number of hydrogen-bond acceptors (Lipinski definition) is 3. The van der Waals surface area contributed by atoms with Gasteiger partial charge in [-0.3, -0.25) is 0 Å². The molecule has 0 fully saturated rings. The Hall–Kier alpha value is -2.51. The normalized spacial score (nSPS) is 9.67. The summed E-state index contributed by atoms with van der Waals surface area (Å²) in [7, 11) is 1.60. The van der Waals surface area contributed by atoms with Gasteiger partial charge in [0.25, 0.3) is 0 Å². The number of ether oxygens (including phenoxy) is 2. The van der Waals surface area contributed by atoms with Crippen molar-refractivity contribution in [1.29, 1.82) is 0 Å². The molecule has 3 nitrogen and oxygen atoms in total. The van der Waals surface area contributed by atoms with Crippen LogP contribution in [0.2, 0.25) is 0 Å². The fraction of sp³-hybridized carbons (Fsp3) is 0.176. The smallest absolute Gasteiger partial charge is 0.138 e. The number of hydrogen-bond donors (Lipinski definition) is 1. The van der Waals surface area contributed by atoms with E-state index in [4.69, 9.17) is 15.2 Å². The molecular weight excluding hydrogens is 269 g/mol. The summed E-state index contributed by atoms with van der Waals surface area (Å²) in [6.07, 6.45) is 0. The lowest BCUT2D eigenvalue weighted by atomic mass is 10.1. The van der Waals surface area contributed by atoms with E-state index < -0.39 is 0 Å². The van der Waals surface area contributed by atoms with Crippen LogP contribution >= 0.6 is 0 Å². The fourth-order valence-electron chi connectivity index (χ4n) is 1.76. The van der Waals surface area contributed by atoms with E-state index in [1.807, 2.05) is 18.2 Å². The number of rotatable bonds is 4. The highest BCUT2D eigenvalue weighted by molar-refractivity contribution is 5.39. The molecule has 21 heavy (non-hydrogen) atoms. The van der Waals surface area contributed by atoms with E-state index in [0.29, 0.717) is 17.9 Å². The second-order valence-corrected chi connectivity index (χ2v) is 4.29. The summed E-state index contributed by atoms with van der Waals surface area (Å²) in [4.78, 5) is 0. The molecule has 108 valence electrons. The number of halogens is 1. The van der Waals surface area contributed by atoms with E-state index in [0.717, 1.165) is 11.3 Å². The van der Waals surface area contributed by atoms with E-state index in [-0.39, 0.29) is 12.4 Å². The van der Waals surface area contributed by atoms with Crippen LogP contribution in [0.25, 0.3) is 0 Å². The van der Waals surface area contributed by atoms with Gasteiger partial charge in [0.1, 0.15) is 23.9 Å². The summed E-state index contributed by atoms with van der Waals surface area (Å²) in [5.41, 5.74) is 6.45. The molecule has 2 N–H and O–H groups in total. The summed E-state index contributed by atoms with van der Waals surface area (Å²) in [5.74, 6) is 6.40. The molecule has 0 aliphatic heterocycles. The van der Waals surface area contributed by atoms with Crippen molar-refractivity contribution in [3.63, 3.8) is 0 Å². The molecular formula is C17H16FNO2. The molecule has 0 unspecified atom stereocenters. The first-order valence-corrected chi connectivity index (χ1v) is 6.47. The first-order chi connectivity index (χ1) is 10.2. The number of nitrogens with two attached hydrogens (primary N) is 1.